The van der Waals surface area contributed by atoms with E-state index in [2.05, 4.69) is 10.9 Å². The lowest BCUT2D eigenvalue weighted by molar-refractivity contribution is -0.384. The highest BCUT2D eigenvalue weighted by Gasteiger charge is 2.19. The van der Waals surface area contributed by atoms with Crippen LogP contribution in [0.3, 0.4) is 0 Å². The van der Waals surface area contributed by atoms with Crippen molar-refractivity contribution < 1.29 is 24.0 Å². The molecule has 0 bridgehead atoms. The number of hydrazine groups is 1. The number of amides is 2. The van der Waals surface area contributed by atoms with Gasteiger partial charge in [-0.05, 0) is 44.2 Å². The molecular weight excluding hydrogens is 390 g/mol. The van der Waals surface area contributed by atoms with Crippen molar-refractivity contribution in [2.45, 2.75) is 20.0 Å². The molecule has 10 heteroatoms. The normalized spacial score (nSPS) is 11.2. The Bertz CT molecular complexity index is 872. The first-order chi connectivity index (χ1) is 13.3. The number of hydrogen-bond donors (Lipinski definition) is 2. The van der Waals surface area contributed by atoms with E-state index in [1.807, 2.05) is 6.92 Å². The fourth-order valence-corrected chi connectivity index (χ4v) is 2.33. The Labute approximate surface area is 165 Å². The van der Waals surface area contributed by atoms with E-state index >= 15 is 0 Å². The van der Waals surface area contributed by atoms with E-state index in [0.717, 1.165) is 6.07 Å². The number of rotatable bonds is 7. The summed E-state index contributed by atoms with van der Waals surface area (Å²) in [7, 11) is 0. The number of non-ortho nitro benzene ring substituents is 1. The lowest BCUT2D eigenvalue weighted by atomic mass is 10.2. The van der Waals surface area contributed by atoms with Crippen LogP contribution in [0.4, 0.5) is 5.69 Å². The van der Waals surface area contributed by atoms with Gasteiger partial charge >= 0.3 is 0 Å². The van der Waals surface area contributed by atoms with E-state index in [0.29, 0.717) is 18.1 Å². The van der Waals surface area contributed by atoms with Gasteiger partial charge in [-0.25, -0.2) is 0 Å². The average Bonchev–Trinajstić information content (AvgIpc) is 2.67. The fraction of sp³-hybridized carbons (Fsp3) is 0.222. The van der Waals surface area contributed by atoms with Gasteiger partial charge in [0.25, 0.3) is 17.5 Å². The molecule has 0 aliphatic heterocycles. The third-order valence-corrected chi connectivity index (χ3v) is 3.85. The number of halogens is 1. The zero-order valence-electron chi connectivity index (χ0n) is 15.1. The monoisotopic (exact) mass is 407 g/mol. The molecule has 0 spiro atoms. The highest BCUT2D eigenvalue weighted by molar-refractivity contribution is 6.34. The fourth-order valence-electron chi connectivity index (χ4n) is 2.13. The quantitative estimate of drug-likeness (QED) is 0.538. The maximum absolute atomic E-state index is 12.1. The van der Waals surface area contributed by atoms with Crippen molar-refractivity contribution in [3.8, 4) is 11.5 Å². The molecule has 148 valence electrons. The SMILES string of the molecule is CCOc1ccc(O[C@@H](C)C(=O)NNC(=O)c2cc([N+](=O)[O-])ccc2Cl)cc1. The summed E-state index contributed by atoms with van der Waals surface area (Å²) >= 11 is 5.89. The molecule has 2 rings (SSSR count). The Morgan fingerprint density at radius 2 is 1.79 bits per heavy atom. The van der Waals surface area contributed by atoms with Crippen molar-refractivity contribution in [2.75, 3.05) is 6.61 Å². The minimum atomic E-state index is -0.918. The zero-order valence-corrected chi connectivity index (χ0v) is 15.9. The maximum Gasteiger partial charge on any atom is 0.279 e. The topological polar surface area (TPSA) is 120 Å². The number of nitrogens with zero attached hydrogens (tertiary/aromatic N) is 1. The standard InChI is InChI=1S/C18H18ClN3O6/c1-3-27-13-5-7-14(8-6-13)28-11(2)17(23)20-21-18(24)15-10-12(22(25)26)4-9-16(15)19/h4-11H,3H2,1-2H3,(H,20,23)(H,21,24)/t11-/m0/s1. The van der Waals surface area contributed by atoms with Crippen molar-refractivity contribution in [3.63, 3.8) is 0 Å². The molecule has 0 unspecified atom stereocenters. The van der Waals surface area contributed by atoms with E-state index < -0.39 is 22.8 Å². The number of nitro groups is 1. The molecule has 0 radical (unpaired) electrons. The van der Waals surface area contributed by atoms with Gasteiger partial charge in [0.05, 0.1) is 22.1 Å². The largest absolute Gasteiger partial charge is 0.494 e. The Morgan fingerprint density at radius 3 is 2.39 bits per heavy atom. The molecule has 2 N–H and O–H groups in total. The lowest BCUT2D eigenvalue weighted by Crippen LogP contribution is -2.47. The van der Waals surface area contributed by atoms with Gasteiger partial charge in [0, 0.05) is 12.1 Å². The van der Waals surface area contributed by atoms with Crippen LogP contribution in [0.25, 0.3) is 0 Å². The molecule has 9 nitrogen and oxygen atoms in total. The van der Waals surface area contributed by atoms with Gasteiger partial charge in [-0.2, -0.15) is 0 Å². The predicted octanol–water partition coefficient (Wildman–Crippen LogP) is 2.88. The molecule has 1 atom stereocenters. The smallest absolute Gasteiger partial charge is 0.279 e. The van der Waals surface area contributed by atoms with E-state index in [1.54, 1.807) is 24.3 Å². The Morgan fingerprint density at radius 1 is 1.14 bits per heavy atom. The van der Waals surface area contributed by atoms with Crippen LogP contribution in [0.5, 0.6) is 11.5 Å². The summed E-state index contributed by atoms with van der Waals surface area (Å²) in [6.07, 6.45) is -0.918. The number of nitrogens with one attached hydrogen (secondary N) is 2. The molecule has 0 heterocycles. The summed E-state index contributed by atoms with van der Waals surface area (Å²) < 4.78 is 10.8. The molecule has 2 aromatic carbocycles. The minimum absolute atomic E-state index is 0.0102. The van der Waals surface area contributed by atoms with Gasteiger partial charge in [-0.3, -0.25) is 30.6 Å². The molecule has 0 aliphatic rings. The zero-order chi connectivity index (χ0) is 20.7. The Hall–Kier alpha value is -3.33. The second-order valence-electron chi connectivity index (χ2n) is 5.53. The van der Waals surface area contributed by atoms with Crippen LogP contribution < -0.4 is 20.3 Å². The van der Waals surface area contributed by atoms with E-state index in [4.69, 9.17) is 21.1 Å². The summed E-state index contributed by atoms with van der Waals surface area (Å²) in [6.45, 7) is 3.90. The van der Waals surface area contributed by atoms with Crippen molar-refractivity contribution in [2.24, 2.45) is 0 Å². The van der Waals surface area contributed by atoms with Gasteiger partial charge in [0.15, 0.2) is 6.10 Å². The van der Waals surface area contributed by atoms with Crippen LogP contribution in [-0.2, 0) is 4.79 Å². The predicted molar refractivity (Wildman–Crippen MR) is 101 cm³/mol. The van der Waals surface area contributed by atoms with Crippen molar-refractivity contribution >= 4 is 29.1 Å². The van der Waals surface area contributed by atoms with Crippen LogP contribution in [-0.4, -0.2) is 29.4 Å². The van der Waals surface area contributed by atoms with Gasteiger partial charge in [0.2, 0.25) is 0 Å². The molecule has 0 saturated carbocycles. The molecule has 0 aliphatic carbocycles. The average molecular weight is 408 g/mol. The molecule has 28 heavy (non-hydrogen) atoms. The second kappa shape index (κ2) is 9.56. The first kappa shape index (κ1) is 21.0. The summed E-state index contributed by atoms with van der Waals surface area (Å²) in [5, 5.41) is 10.8. The Kier molecular flexibility index (Phi) is 7.16. The van der Waals surface area contributed by atoms with Crippen molar-refractivity contribution in [1.29, 1.82) is 0 Å². The number of benzene rings is 2. The first-order valence-corrected chi connectivity index (χ1v) is 8.63. The lowest BCUT2D eigenvalue weighted by Gasteiger charge is -2.15. The van der Waals surface area contributed by atoms with Crippen LogP contribution in [0.2, 0.25) is 5.02 Å². The van der Waals surface area contributed by atoms with Crippen molar-refractivity contribution in [1.82, 2.24) is 10.9 Å². The van der Waals surface area contributed by atoms with Gasteiger partial charge in [-0.1, -0.05) is 11.6 Å². The molecule has 0 saturated heterocycles. The number of carbonyl (C=O) groups excluding carboxylic acids is 2. The summed E-state index contributed by atoms with van der Waals surface area (Å²) in [5.74, 6) is -0.300. The number of nitro benzene ring substituents is 1. The first-order valence-electron chi connectivity index (χ1n) is 8.25. The van der Waals surface area contributed by atoms with Crippen LogP contribution in [0.1, 0.15) is 24.2 Å². The second-order valence-corrected chi connectivity index (χ2v) is 5.94. The highest BCUT2D eigenvalue weighted by atomic mass is 35.5. The summed E-state index contributed by atoms with van der Waals surface area (Å²) in [4.78, 5) is 34.4. The van der Waals surface area contributed by atoms with E-state index in [-0.39, 0.29) is 16.3 Å². The molecule has 0 fully saturated rings. The van der Waals surface area contributed by atoms with Crippen LogP contribution in [0.15, 0.2) is 42.5 Å². The maximum atomic E-state index is 12.1. The molecule has 0 aromatic heterocycles. The van der Waals surface area contributed by atoms with Crippen molar-refractivity contribution in [3.05, 3.63) is 63.2 Å². The van der Waals surface area contributed by atoms with Gasteiger partial charge < -0.3 is 9.47 Å². The summed E-state index contributed by atoms with van der Waals surface area (Å²) in [6, 6.07) is 10.1. The van der Waals surface area contributed by atoms with Crippen LogP contribution in [0, 0.1) is 10.1 Å². The highest BCUT2D eigenvalue weighted by Crippen LogP contribution is 2.22. The number of hydrogen-bond acceptors (Lipinski definition) is 6. The summed E-state index contributed by atoms with van der Waals surface area (Å²) in [5.41, 5.74) is 3.90. The minimum Gasteiger partial charge on any atom is -0.494 e. The Balaban J connectivity index is 1.93. The molecule has 2 aromatic rings. The van der Waals surface area contributed by atoms with E-state index in [1.165, 1.54) is 19.1 Å². The third kappa shape index (κ3) is 5.58. The van der Waals surface area contributed by atoms with Crippen LogP contribution >= 0.6 is 11.6 Å². The van der Waals surface area contributed by atoms with Gasteiger partial charge in [0.1, 0.15) is 11.5 Å². The number of carbonyl (C=O) groups is 2. The molecular formula is C18H18ClN3O6. The van der Waals surface area contributed by atoms with E-state index in [9.17, 15) is 19.7 Å². The van der Waals surface area contributed by atoms with Gasteiger partial charge in [-0.15, -0.1) is 0 Å². The number of ether oxygens (including phenoxy) is 2. The third-order valence-electron chi connectivity index (χ3n) is 3.52. The molecule has 2 amide bonds.